The maximum absolute atomic E-state index is 13.9. The molecule has 0 aliphatic heterocycles. The Bertz CT molecular complexity index is 1350. The molecule has 0 fully saturated rings. The molecule has 3 rings (SSSR count). The summed E-state index contributed by atoms with van der Waals surface area (Å²) in [6.45, 7) is 5.95. The monoisotopic (exact) mass is 410 g/mol. The van der Waals surface area contributed by atoms with Crippen LogP contribution >= 0.6 is 0 Å². The minimum absolute atomic E-state index is 0.00817. The number of benzene rings is 1. The van der Waals surface area contributed by atoms with Crippen LogP contribution < -0.4 is 32.7 Å². The molecule has 1 aromatic carbocycles. The van der Waals surface area contributed by atoms with Gasteiger partial charge in [0.2, 0.25) is 0 Å². The minimum atomic E-state index is -0.942. The second-order valence-electron chi connectivity index (χ2n) is 8.11. The third-order valence-electron chi connectivity index (χ3n) is 4.96. The fourth-order valence-electron chi connectivity index (χ4n) is 3.12. The highest BCUT2D eigenvalue weighted by molar-refractivity contribution is 6.50. The SMILES string of the molecule is Bc1c(B)c(/C=c2\[nH]c(=O)/c(=C/c3nc[nH]c3C(C)(C)C)[nH]c2=O)c(O)c(O)c1F. The Balaban J connectivity index is 2.23. The Morgan fingerprint density at radius 1 is 1.00 bits per heavy atom. The van der Waals surface area contributed by atoms with Crippen molar-refractivity contribution in [2.24, 2.45) is 0 Å². The molecule has 0 radical (unpaired) electrons. The zero-order chi connectivity index (χ0) is 22.4. The number of imidazole rings is 1. The topological polar surface area (TPSA) is 135 Å². The molecule has 0 bridgehead atoms. The highest BCUT2D eigenvalue weighted by atomic mass is 19.1. The van der Waals surface area contributed by atoms with Crippen molar-refractivity contribution in [3.05, 3.63) is 60.5 Å². The molecular weight excluding hydrogens is 389 g/mol. The van der Waals surface area contributed by atoms with E-state index in [9.17, 15) is 24.2 Å². The zero-order valence-corrected chi connectivity index (χ0v) is 17.3. The molecule has 11 heteroatoms. The molecule has 8 nitrogen and oxygen atoms in total. The molecule has 2 aromatic heterocycles. The van der Waals surface area contributed by atoms with Crippen molar-refractivity contribution in [2.45, 2.75) is 26.2 Å². The fraction of sp³-hybridized carbons (Fsp3) is 0.211. The summed E-state index contributed by atoms with van der Waals surface area (Å²) in [7, 11) is 2.96. The third-order valence-corrected chi connectivity index (χ3v) is 4.96. The molecule has 3 aromatic rings. The van der Waals surface area contributed by atoms with Crippen molar-refractivity contribution in [3.63, 3.8) is 0 Å². The van der Waals surface area contributed by atoms with Crippen LogP contribution in [0.25, 0.3) is 12.2 Å². The van der Waals surface area contributed by atoms with Crippen molar-refractivity contribution in [3.8, 4) is 11.5 Å². The van der Waals surface area contributed by atoms with Gasteiger partial charge >= 0.3 is 0 Å². The number of aromatic hydroxyl groups is 2. The van der Waals surface area contributed by atoms with Crippen LogP contribution in [0.5, 0.6) is 11.5 Å². The number of hydrogen-bond acceptors (Lipinski definition) is 5. The lowest BCUT2D eigenvalue weighted by atomic mass is 9.76. The summed E-state index contributed by atoms with van der Waals surface area (Å²) >= 11 is 0. The van der Waals surface area contributed by atoms with E-state index < -0.39 is 28.4 Å². The van der Waals surface area contributed by atoms with E-state index in [2.05, 4.69) is 19.9 Å². The average Bonchev–Trinajstić information content (AvgIpc) is 3.14. The van der Waals surface area contributed by atoms with E-state index in [1.807, 2.05) is 20.8 Å². The van der Waals surface area contributed by atoms with Crippen molar-refractivity contribution < 1.29 is 14.6 Å². The van der Waals surface area contributed by atoms with E-state index in [4.69, 9.17) is 0 Å². The summed E-state index contributed by atoms with van der Waals surface area (Å²) in [5, 5.41) is 19.7. The van der Waals surface area contributed by atoms with E-state index in [0.717, 1.165) is 5.69 Å². The van der Waals surface area contributed by atoms with Gasteiger partial charge in [0.25, 0.3) is 11.1 Å². The van der Waals surface area contributed by atoms with Crippen LogP contribution in [0.3, 0.4) is 0 Å². The lowest BCUT2D eigenvalue weighted by Crippen LogP contribution is -2.47. The number of nitrogens with zero attached hydrogens (tertiary/aromatic N) is 1. The second-order valence-corrected chi connectivity index (χ2v) is 8.11. The Labute approximate surface area is 172 Å². The predicted octanol–water partition coefficient (Wildman–Crippen LogP) is -3.19. The number of hydrogen-bond donors (Lipinski definition) is 5. The van der Waals surface area contributed by atoms with Crippen LogP contribution in [-0.4, -0.2) is 45.8 Å². The fourth-order valence-corrected chi connectivity index (χ4v) is 3.12. The van der Waals surface area contributed by atoms with E-state index in [1.165, 1.54) is 34.2 Å². The Kier molecular flexibility index (Phi) is 5.23. The number of rotatable bonds is 2. The first-order valence-corrected chi connectivity index (χ1v) is 9.22. The first-order valence-electron chi connectivity index (χ1n) is 9.22. The maximum atomic E-state index is 13.9. The summed E-state index contributed by atoms with van der Waals surface area (Å²) in [6, 6.07) is 0. The van der Waals surface area contributed by atoms with Gasteiger partial charge in [-0.2, -0.15) is 0 Å². The maximum Gasteiger partial charge on any atom is 0.272 e. The predicted molar refractivity (Wildman–Crippen MR) is 117 cm³/mol. The summed E-state index contributed by atoms with van der Waals surface area (Å²) in [5.74, 6) is -2.57. The van der Waals surface area contributed by atoms with E-state index in [1.54, 1.807) is 0 Å². The summed E-state index contributed by atoms with van der Waals surface area (Å²) < 4.78 is 13.9. The molecule has 0 atom stereocenters. The van der Waals surface area contributed by atoms with E-state index in [0.29, 0.717) is 11.2 Å². The normalized spacial score (nSPS) is 13.2. The van der Waals surface area contributed by atoms with Gasteiger partial charge in [-0.15, -0.1) is 0 Å². The van der Waals surface area contributed by atoms with Crippen LogP contribution in [0.15, 0.2) is 15.9 Å². The Hall–Kier alpha value is -3.49. The van der Waals surface area contributed by atoms with Gasteiger partial charge in [0, 0.05) is 16.7 Å². The van der Waals surface area contributed by atoms with Gasteiger partial charge in [-0.3, -0.25) is 9.59 Å². The average molecular weight is 410 g/mol. The molecule has 0 amide bonds. The Morgan fingerprint density at radius 3 is 2.13 bits per heavy atom. The van der Waals surface area contributed by atoms with Gasteiger partial charge in [-0.1, -0.05) is 31.7 Å². The summed E-state index contributed by atoms with van der Waals surface area (Å²) in [6.07, 6.45) is 4.17. The molecule has 0 saturated carbocycles. The molecule has 5 N–H and O–H groups in total. The van der Waals surface area contributed by atoms with E-state index in [-0.39, 0.29) is 27.1 Å². The smallest absolute Gasteiger partial charge is 0.272 e. The number of phenols is 2. The minimum Gasteiger partial charge on any atom is -0.504 e. The lowest BCUT2D eigenvalue weighted by Gasteiger charge is -2.16. The van der Waals surface area contributed by atoms with Gasteiger partial charge in [-0.25, -0.2) is 9.37 Å². The molecule has 0 aliphatic carbocycles. The summed E-state index contributed by atoms with van der Waals surface area (Å²) in [5.41, 5.74) is 0.341. The van der Waals surface area contributed by atoms with Crippen molar-refractivity contribution in [2.75, 3.05) is 0 Å². The molecule has 2 heterocycles. The van der Waals surface area contributed by atoms with Gasteiger partial charge < -0.3 is 25.2 Å². The highest BCUT2D eigenvalue weighted by Crippen LogP contribution is 2.29. The standard InChI is InChI=1S/C19H21B2FN4O4/c1-19(2,3)16-8(23-6-24-16)5-10-18(30)25-9(17(29)26-10)4-7-11(20)12(21)13(22)15(28)14(7)27/h4-6,27-28H,20-21H2,1-3H3,(H,23,24)(H,25,30)(H,26,29)/b9-4-,10-5-. The van der Waals surface area contributed by atoms with Crippen LogP contribution in [0.1, 0.15) is 37.7 Å². The number of aromatic nitrogens is 4. The summed E-state index contributed by atoms with van der Waals surface area (Å²) in [4.78, 5) is 37.3. The largest absolute Gasteiger partial charge is 0.504 e. The first kappa shape index (κ1) is 21.2. The van der Waals surface area contributed by atoms with Gasteiger partial charge in [0.15, 0.2) is 17.3 Å². The van der Waals surface area contributed by atoms with Gasteiger partial charge in [0.05, 0.1) is 12.0 Å². The molecule has 30 heavy (non-hydrogen) atoms. The van der Waals surface area contributed by atoms with Crippen LogP contribution in [-0.2, 0) is 5.41 Å². The van der Waals surface area contributed by atoms with Gasteiger partial charge in [0.1, 0.15) is 26.4 Å². The number of H-pyrrole nitrogens is 3. The highest BCUT2D eigenvalue weighted by Gasteiger charge is 2.20. The lowest BCUT2D eigenvalue weighted by molar-refractivity contribution is 0.380. The first-order chi connectivity index (χ1) is 13.9. The number of nitrogens with one attached hydrogen (secondary N) is 3. The van der Waals surface area contributed by atoms with Crippen LogP contribution in [0.4, 0.5) is 4.39 Å². The second kappa shape index (κ2) is 7.40. The zero-order valence-electron chi connectivity index (χ0n) is 17.3. The van der Waals surface area contributed by atoms with Crippen molar-refractivity contribution in [1.29, 1.82) is 0 Å². The van der Waals surface area contributed by atoms with Crippen molar-refractivity contribution in [1.82, 2.24) is 19.9 Å². The number of aromatic amines is 3. The molecule has 0 saturated heterocycles. The van der Waals surface area contributed by atoms with Crippen molar-refractivity contribution >= 4 is 38.8 Å². The molecule has 0 spiro atoms. The molecule has 0 aliphatic rings. The number of phenolic OH excluding ortho intramolecular Hbond substituents is 2. The molecule has 0 unspecified atom stereocenters. The third kappa shape index (κ3) is 3.70. The van der Waals surface area contributed by atoms with E-state index >= 15 is 0 Å². The molecule has 154 valence electrons. The van der Waals surface area contributed by atoms with Crippen LogP contribution in [0, 0.1) is 5.82 Å². The number of halogens is 1. The Morgan fingerprint density at radius 2 is 1.57 bits per heavy atom. The van der Waals surface area contributed by atoms with Gasteiger partial charge in [-0.05, 0) is 12.2 Å². The molecular formula is C19H21B2FN4O4. The quantitative estimate of drug-likeness (QED) is 0.224. The van der Waals surface area contributed by atoms with Crippen LogP contribution in [0.2, 0.25) is 0 Å².